The molecule has 2 amide bonds. The summed E-state index contributed by atoms with van der Waals surface area (Å²) in [5.41, 5.74) is 2.90. The van der Waals surface area contributed by atoms with Crippen molar-refractivity contribution < 1.29 is 9.59 Å². The molecule has 0 spiro atoms. The molecule has 8 heteroatoms. The quantitative estimate of drug-likeness (QED) is 0.360. The van der Waals surface area contributed by atoms with Crippen LogP contribution in [0.5, 0.6) is 0 Å². The topological polar surface area (TPSA) is 86.1 Å². The number of carbonyl (C=O) groups is 2. The first-order chi connectivity index (χ1) is 15.6. The molecule has 0 radical (unpaired) electrons. The summed E-state index contributed by atoms with van der Waals surface area (Å²) in [5, 5.41) is 9.62. The molecule has 2 heterocycles. The molecule has 0 unspecified atom stereocenters. The number of amides is 2. The van der Waals surface area contributed by atoms with Crippen molar-refractivity contribution in [2.45, 2.75) is 38.0 Å². The van der Waals surface area contributed by atoms with Crippen molar-refractivity contribution in [1.82, 2.24) is 4.98 Å². The van der Waals surface area contributed by atoms with Crippen LogP contribution in [0.3, 0.4) is 0 Å². The van der Waals surface area contributed by atoms with E-state index in [1.54, 1.807) is 25.1 Å². The molecule has 0 bridgehead atoms. The van der Waals surface area contributed by atoms with Crippen molar-refractivity contribution in [3.8, 4) is 6.07 Å². The fourth-order valence-corrected chi connectivity index (χ4v) is 4.48. The second-order valence-electron chi connectivity index (χ2n) is 8.76. The number of aromatic nitrogens is 1. The Morgan fingerprint density at radius 3 is 2.36 bits per heavy atom. The molecule has 6 nitrogen and oxygen atoms in total. The summed E-state index contributed by atoms with van der Waals surface area (Å²) in [6.45, 7) is 8.23. The summed E-state index contributed by atoms with van der Waals surface area (Å²) in [6, 6.07) is 15.0. The summed E-state index contributed by atoms with van der Waals surface area (Å²) in [6.07, 6.45) is 1.52. The zero-order chi connectivity index (χ0) is 23.9. The van der Waals surface area contributed by atoms with Crippen LogP contribution in [-0.2, 0) is 5.41 Å². The number of fused-ring (bicyclic) bond motifs is 1. The number of nitrogens with zero attached hydrogens (tertiary/aromatic N) is 3. The molecule has 2 aromatic carbocycles. The van der Waals surface area contributed by atoms with E-state index in [2.05, 4.69) is 42.6 Å². The van der Waals surface area contributed by atoms with E-state index in [4.69, 9.17) is 11.6 Å². The van der Waals surface area contributed by atoms with Gasteiger partial charge in [0.15, 0.2) is 5.69 Å². The Balaban J connectivity index is 1.67. The predicted octanol–water partition coefficient (Wildman–Crippen LogP) is 6.13. The van der Waals surface area contributed by atoms with E-state index < -0.39 is 11.8 Å². The molecule has 1 aliphatic rings. The van der Waals surface area contributed by atoms with Gasteiger partial charge in [-0.3, -0.25) is 9.59 Å². The fraction of sp³-hybridized carbons (Fsp3) is 0.200. The van der Waals surface area contributed by atoms with Crippen LogP contribution in [0, 0.1) is 18.3 Å². The van der Waals surface area contributed by atoms with Crippen LogP contribution in [0.4, 0.5) is 11.4 Å². The molecule has 1 aliphatic heterocycles. The van der Waals surface area contributed by atoms with Crippen LogP contribution in [0.1, 0.15) is 58.3 Å². The third kappa shape index (κ3) is 4.20. The molecular formula is C25H21ClN4O2S. The number of hydrogen-bond acceptors (Lipinski definition) is 6. The maximum Gasteiger partial charge on any atom is 0.268 e. The van der Waals surface area contributed by atoms with Gasteiger partial charge in [-0.2, -0.15) is 5.26 Å². The number of pyridine rings is 1. The van der Waals surface area contributed by atoms with Gasteiger partial charge in [0.05, 0.1) is 27.5 Å². The highest BCUT2D eigenvalue weighted by molar-refractivity contribution is 8.00. The minimum atomic E-state index is -0.577. The first-order valence-electron chi connectivity index (χ1n) is 10.2. The second kappa shape index (κ2) is 8.54. The normalized spacial score (nSPS) is 13.2. The van der Waals surface area contributed by atoms with Crippen LogP contribution in [0.15, 0.2) is 53.6 Å². The summed E-state index contributed by atoms with van der Waals surface area (Å²) in [4.78, 5) is 32.6. The number of aryl methyl sites for hydroxylation is 1. The summed E-state index contributed by atoms with van der Waals surface area (Å²) in [7, 11) is 0. The molecule has 0 atom stereocenters. The van der Waals surface area contributed by atoms with Gasteiger partial charge in [0.25, 0.3) is 11.8 Å². The van der Waals surface area contributed by atoms with Crippen LogP contribution in [-0.4, -0.2) is 16.8 Å². The zero-order valence-electron chi connectivity index (χ0n) is 18.6. The molecule has 0 fully saturated rings. The summed E-state index contributed by atoms with van der Waals surface area (Å²) in [5.74, 6) is -1.13. The monoisotopic (exact) mass is 476 g/mol. The Morgan fingerprint density at radius 1 is 1.06 bits per heavy atom. The van der Waals surface area contributed by atoms with E-state index in [1.165, 1.54) is 23.7 Å². The van der Waals surface area contributed by atoms with Crippen molar-refractivity contribution >= 4 is 46.7 Å². The molecule has 1 aromatic heterocycles. The van der Waals surface area contributed by atoms with Gasteiger partial charge in [0, 0.05) is 11.1 Å². The molecule has 3 aromatic rings. The number of carbonyl (C=O) groups excluding carboxylic acids is 2. The van der Waals surface area contributed by atoms with Gasteiger partial charge >= 0.3 is 0 Å². The van der Waals surface area contributed by atoms with E-state index in [1.807, 2.05) is 18.2 Å². The van der Waals surface area contributed by atoms with Crippen LogP contribution < -0.4 is 9.62 Å². The van der Waals surface area contributed by atoms with Crippen LogP contribution >= 0.6 is 23.5 Å². The average molecular weight is 477 g/mol. The van der Waals surface area contributed by atoms with Crippen LogP contribution in [0.2, 0.25) is 5.02 Å². The molecule has 0 aliphatic carbocycles. The fourth-order valence-electron chi connectivity index (χ4n) is 3.58. The van der Waals surface area contributed by atoms with Gasteiger partial charge in [0.1, 0.15) is 6.07 Å². The molecule has 0 saturated heterocycles. The Morgan fingerprint density at radius 2 is 1.73 bits per heavy atom. The molecule has 1 N–H and O–H groups in total. The Bertz CT molecular complexity index is 1320. The van der Waals surface area contributed by atoms with Crippen molar-refractivity contribution in [2.75, 3.05) is 9.62 Å². The lowest BCUT2D eigenvalue weighted by Gasteiger charge is -2.19. The highest BCUT2D eigenvalue weighted by atomic mass is 35.5. The van der Waals surface area contributed by atoms with Gasteiger partial charge in [-0.25, -0.2) is 9.88 Å². The summed E-state index contributed by atoms with van der Waals surface area (Å²) >= 11 is 7.66. The molecule has 4 rings (SSSR count). The third-order valence-electron chi connectivity index (χ3n) is 5.34. The number of nitrogens with one attached hydrogen (secondary N) is 1. The average Bonchev–Trinajstić information content (AvgIpc) is 3.04. The number of halogens is 1. The highest BCUT2D eigenvalue weighted by Gasteiger charge is 2.41. The molecule has 166 valence electrons. The van der Waals surface area contributed by atoms with Crippen molar-refractivity contribution in [3.63, 3.8) is 0 Å². The molecule has 0 saturated carbocycles. The first-order valence-corrected chi connectivity index (χ1v) is 11.4. The van der Waals surface area contributed by atoms with E-state index in [0.29, 0.717) is 5.69 Å². The van der Waals surface area contributed by atoms with Gasteiger partial charge in [-0.1, -0.05) is 44.5 Å². The molecular weight excluding hydrogens is 456 g/mol. The molecule has 33 heavy (non-hydrogen) atoms. The lowest BCUT2D eigenvalue weighted by molar-refractivity contribution is 0.0926. The van der Waals surface area contributed by atoms with Gasteiger partial charge in [0.2, 0.25) is 0 Å². The first kappa shape index (κ1) is 22.8. The van der Waals surface area contributed by atoms with E-state index >= 15 is 0 Å². The smallest absolute Gasteiger partial charge is 0.268 e. The lowest BCUT2D eigenvalue weighted by atomic mass is 9.87. The van der Waals surface area contributed by atoms with E-state index in [-0.39, 0.29) is 32.9 Å². The largest absolute Gasteiger partial charge is 0.325 e. The second-order valence-corrected chi connectivity index (χ2v) is 10.0. The maximum atomic E-state index is 13.4. The Labute approximate surface area is 201 Å². The highest BCUT2D eigenvalue weighted by Crippen LogP contribution is 2.39. The van der Waals surface area contributed by atoms with Gasteiger partial charge in [-0.05, 0) is 65.7 Å². The van der Waals surface area contributed by atoms with Gasteiger partial charge in [-0.15, -0.1) is 0 Å². The number of benzene rings is 2. The lowest BCUT2D eigenvalue weighted by Crippen LogP contribution is -2.30. The van der Waals surface area contributed by atoms with E-state index in [0.717, 1.165) is 15.4 Å². The number of nitriles is 1. The maximum absolute atomic E-state index is 13.4. The Kier molecular flexibility index (Phi) is 5.91. The number of imide groups is 1. The minimum absolute atomic E-state index is 0.00551. The van der Waals surface area contributed by atoms with Crippen LogP contribution in [0.25, 0.3) is 0 Å². The van der Waals surface area contributed by atoms with Crippen molar-refractivity contribution in [2.24, 2.45) is 0 Å². The Hall–Kier alpha value is -3.34. The number of rotatable bonds is 4. The summed E-state index contributed by atoms with van der Waals surface area (Å²) < 4.78 is 3.19. The van der Waals surface area contributed by atoms with Crippen molar-refractivity contribution in [3.05, 3.63) is 81.6 Å². The zero-order valence-corrected chi connectivity index (χ0v) is 20.1. The van der Waals surface area contributed by atoms with E-state index in [9.17, 15) is 14.9 Å². The third-order valence-corrected chi connectivity index (χ3v) is 6.48. The van der Waals surface area contributed by atoms with Gasteiger partial charge < -0.3 is 4.72 Å². The SMILES string of the molecule is Cc1cnc(C#N)c(N2C(=O)c3c(Cl)ccc(NSc4ccc(C(C)(C)C)cc4)c3C2=O)c1. The number of anilines is 2. The minimum Gasteiger partial charge on any atom is -0.325 e. The number of hydrogen-bond donors (Lipinski definition) is 1. The predicted molar refractivity (Wildman–Crippen MR) is 131 cm³/mol. The standard InChI is InChI=1S/C25H21ClN4O2S/c1-14-11-20(19(12-27)28-13-14)30-23(31)21-17(26)9-10-18(22(21)24(30)32)29-33-16-7-5-15(6-8-16)25(2,3)4/h5-11,13,29H,1-4H3. The van der Waals surface area contributed by atoms with Crippen molar-refractivity contribution in [1.29, 1.82) is 5.26 Å².